The smallest absolute Gasteiger partial charge is 0.223 e. The number of benzene rings is 2. The third-order valence-electron chi connectivity index (χ3n) is 3.69. The van der Waals surface area contributed by atoms with Gasteiger partial charge in [-0.3, -0.25) is 4.79 Å². The molecule has 2 nitrogen and oxygen atoms in total. The first-order chi connectivity index (χ1) is 9.11. The van der Waals surface area contributed by atoms with Crippen LogP contribution in [0, 0.1) is 5.92 Å². The van der Waals surface area contributed by atoms with Gasteiger partial charge in [-0.25, -0.2) is 0 Å². The van der Waals surface area contributed by atoms with Crippen LogP contribution in [0.3, 0.4) is 0 Å². The first-order valence-electron chi connectivity index (χ1n) is 6.91. The average molecular weight is 255 g/mol. The summed E-state index contributed by atoms with van der Waals surface area (Å²) in [4.78, 5) is 11.9. The van der Waals surface area contributed by atoms with Gasteiger partial charge < -0.3 is 5.32 Å². The third-order valence-corrected chi connectivity index (χ3v) is 3.69. The number of carbonyl (C=O) groups is 1. The van der Waals surface area contributed by atoms with Crippen molar-refractivity contribution in [3.63, 3.8) is 0 Å². The molecule has 100 valence electrons. The van der Waals surface area contributed by atoms with Gasteiger partial charge in [-0.2, -0.15) is 0 Å². The molecule has 2 atom stereocenters. The summed E-state index contributed by atoms with van der Waals surface area (Å²) in [6.07, 6.45) is 0.871. The van der Waals surface area contributed by atoms with Crippen LogP contribution in [-0.4, -0.2) is 5.91 Å². The molecular weight excluding hydrogens is 234 g/mol. The fourth-order valence-corrected chi connectivity index (χ4v) is 2.10. The van der Waals surface area contributed by atoms with Gasteiger partial charge in [0.1, 0.15) is 0 Å². The first-order valence-corrected chi connectivity index (χ1v) is 6.91. The Morgan fingerprint density at radius 2 is 1.79 bits per heavy atom. The molecule has 2 unspecified atom stereocenters. The number of hydrogen-bond acceptors (Lipinski definition) is 1. The summed E-state index contributed by atoms with van der Waals surface area (Å²) in [6.45, 7) is 6.03. The van der Waals surface area contributed by atoms with E-state index >= 15 is 0 Å². The average Bonchev–Trinajstić information content (AvgIpc) is 2.45. The van der Waals surface area contributed by atoms with Crippen LogP contribution in [0.25, 0.3) is 10.8 Å². The lowest BCUT2D eigenvalue weighted by Crippen LogP contribution is -2.31. The van der Waals surface area contributed by atoms with Gasteiger partial charge in [0.25, 0.3) is 0 Å². The predicted molar refractivity (Wildman–Crippen MR) is 80.0 cm³/mol. The van der Waals surface area contributed by atoms with Gasteiger partial charge in [-0.15, -0.1) is 0 Å². The third kappa shape index (κ3) is 3.14. The lowest BCUT2D eigenvalue weighted by molar-refractivity contribution is -0.125. The summed E-state index contributed by atoms with van der Waals surface area (Å²) < 4.78 is 0. The Morgan fingerprint density at radius 1 is 1.11 bits per heavy atom. The molecule has 0 radical (unpaired) electrons. The highest BCUT2D eigenvalue weighted by atomic mass is 16.1. The highest BCUT2D eigenvalue weighted by molar-refractivity contribution is 5.83. The van der Waals surface area contributed by atoms with E-state index in [0.29, 0.717) is 0 Å². The number of rotatable bonds is 4. The number of nitrogens with one attached hydrogen (secondary N) is 1. The predicted octanol–water partition coefficient (Wildman–Crippen LogP) is 4.06. The van der Waals surface area contributed by atoms with Crippen molar-refractivity contribution in [1.29, 1.82) is 0 Å². The molecule has 0 bridgehead atoms. The summed E-state index contributed by atoms with van der Waals surface area (Å²) in [6, 6.07) is 14.7. The van der Waals surface area contributed by atoms with Crippen LogP contribution in [0.4, 0.5) is 0 Å². The molecule has 0 saturated heterocycles. The van der Waals surface area contributed by atoms with Crippen LogP contribution in [0.5, 0.6) is 0 Å². The molecule has 2 heteroatoms. The first kappa shape index (κ1) is 13.6. The molecule has 1 N–H and O–H groups in total. The van der Waals surface area contributed by atoms with E-state index < -0.39 is 0 Å². The molecular formula is C17H21NO. The van der Waals surface area contributed by atoms with E-state index in [1.807, 2.05) is 32.9 Å². The van der Waals surface area contributed by atoms with Crippen molar-refractivity contribution in [1.82, 2.24) is 5.32 Å². The molecule has 0 aliphatic heterocycles. The topological polar surface area (TPSA) is 29.1 Å². The zero-order chi connectivity index (χ0) is 13.8. The second-order valence-corrected chi connectivity index (χ2v) is 5.15. The van der Waals surface area contributed by atoms with Crippen LogP contribution >= 0.6 is 0 Å². The molecule has 0 saturated carbocycles. The van der Waals surface area contributed by atoms with E-state index in [0.717, 1.165) is 12.0 Å². The molecule has 0 aromatic heterocycles. The Hall–Kier alpha value is -1.83. The van der Waals surface area contributed by atoms with Crippen LogP contribution in [0.15, 0.2) is 42.5 Å². The van der Waals surface area contributed by atoms with Gasteiger partial charge in [-0.05, 0) is 35.7 Å². The minimum atomic E-state index is 0.0473. The molecule has 19 heavy (non-hydrogen) atoms. The van der Waals surface area contributed by atoms with Crippen molar-refractivity contribution >= 4 is 16.7 Å². The van der Waals surface area contributed by atoms with E-state index in [2.05, 4.69) is 35.6 Å². The van der Waals surface area contributed by atoms with Gasteiger partial charge in [0, 0.05) is 5.92 Å². The monoisotopic (exact) mass is 255 g/mol. The van der Waals surface area contributed by atoms with E-state index in [1.54, 1.807) is 0 Å². The Kier molecular flexibility index (Phi) is 4.20. The van der Waals surface area contributed by atoms with Crippen molar-refractivity contribution in [2.24, 2.45) is 5.92 Å². The van der Waals surface area contributed by atoms with Crippen LogP contribution in [0.2, 0.25) is 0 Å². The van der Waals surface area contributed by atoms with Crippen molar-refractivity contribution in [3.05, 3.63) is 48.0 Å². The van der Waals surface area contributed by atoms with E-state index in [4.69, 9.17) is 0 Å². The second-order valence-electron chi connectivity index (χ2n) is 5.15. The molecule has 0 spiro atoms. The Labute approximate surface area is 114 Å². The highest BCUT2D eigenvalue weighted by Crippen LogP contribution is 2.20. The quantitative estimate of drug-likeness (QED) is 0.877. The van der Waals surface area contributed by atoms with Crippen LogP contribution in [-0.2, 0) is 4.79 Å². The Bertz CT molecular complexity index is 576. The molecule has 0 fully saturated rings. The molecule has 0 heterocycles. The van der Waals surface area contributed by atoms with Crippen LogP contribution < -0.4 is 5.32 Å². The fourth-order valence-electron chi connectivity index (χ4n) is 2.10. The fraction of sp³-hybridized carbons (Fsp3) is 0.353. The Morgan fingerprint density at radius 3 is 2.47 bits per heavy atom. The van der Waals surface area contributed by atoms with Gasteiger partial charge in [-0.1, -0.05) is 50.2 Å². The molecule has 2 rings (SSSR count). The maximum absolute atomic E-state index is 11.9. The van der Waals surface area contributed by atoms with Crippen molar-refractivity contribution in [2.45, 2.75) is 33.2 Å². The second kappa shape index (κ2) is 5.87. The van der Waals surface area contributed by atoms with Crippen molar-refractivity contribution < 1.29 is 4.79 Å². The SMILES string of the molecule is CCC(C)C(=O)NC(C)c1ccc2ccccc2c1. The van der Waals surface area contributed by atoms with E-state index in [9.17, 15) is 4.79 Å². The lowest BCUT2D eigenvalue weighted by atomic mass is 10.0. The molecule has 0 aliphatic carbocycles. The van der Waals surface area contributed by atoms with Gasteiger partial charge in [0.05, 0.1) is 6.04 Å². The molecule has 1 amide bonds. The minimum Gasteiger partial charge on any atom is -0.349 e. The molecule has 0 aliphatic rings. The normalized spacial score (nSPS) is 14.1. The molecule has 2 aromatic rings. The van der Waals surface area contributed by atoms with Gasteiger partial charge in [0.15, 0.2) is 0 Å². The summed E-state index contributed by atoms with van der Waals surface area (Å²) in [5.74, 6) is 0.200. The van der Waals surface area contributed by atoms with E-state index in [1.165, 1.54) is 10.8 Å². The number of fused-ring (bicyclic) bond motifs is 1. The highest BCUT2D eigenvalue weighted by Gasteiger charge is 2.14. The van der Waals surface area contributed by atoms with Crippen molar-refractivity contribution in [2.75, 3.05) is 0 Å². The van der Waals surface area contributed by atoms with Crippen LogP contribution in [0.1, 0.15) is 38.8 Å². The summed E-state index contributed by atoms with van der Waals surface area (Å²) in [5.41, 5.74) is 1.15. The van der Waals surface area contributed by atoms with E-state index in [-0.39, 0.29) is 17.9 Å². The standard InChI is InChI=1S/C17H21NO/c1-4-12(2)17(19)18-13(3)15-10-9-14-7-5-6-8-16(14)11-15/h5-13H,4H2,1-3H3,(H,18,19). The zero-order valence-corrected chi connectivity index (χ0v) is 11.8. The number of hydrogen-bond donors (Lipinski definition) is 1. The van der Waals surface area contributed by atoms with Gasteiger partial charge >= 0.3 is 0 Å². The van der Waals surface area contributed by atoms with Gasteiger partial charge in [0.2, 0.25) is 5.91 Å². The maximum atomic E-state index is 11.9. The summed E-state index contributed by atoms with van der Waals surface area (Å²) in [5, 5.41) is 5.51. The number of amides is 1. The maximum Gasteiger partial charge on any atom is 0.223 e. The lowest BCUT2D eigenvalue weighted by Gasteiger charge is -2.17. The summed E-state index contributed by atoms with van der Waals surface area (Å²) >= 11 is 0. The Balaban J connectivity index is 2.17. The summed E-state index contributed by atoms with van der Waals surface area (Å²) in [7, 11) is 0. The largest absolute Gasteiger partial charge is 0.349 e. The zero-order valence-electron chi connectivity index (χ0n) is 11.8. The molecule has 2 aromatic carbocycles. The number of carbonyl (C=O) groups excluding carboxylic acids is 1. The minimum absolute atomic E-state index is 0.0473. The van der Waals surface area contributed by atoms with Crippen molar-refractivity contribution in [3.8, 4) is 0 Å².